The molecule has 2 aromatic carbocycles. The third kappa shape index (κ3) is 3.67. The van der Waals surface area contributed by atoms with Gasteiger partial charge in [0.15, 0.2) is 0 Å². The van der Waals surface area contributed by atoms with E-state index in [2.05, 4.69) is 86.9 Å². The number of hydrogen-bond acceptors (Lipinski definition) is 4. The molecule has 3 aliphatic rings. The van der Waals surface area contributed by atoms with Crippen molar-refractivity contribution in [1.82, 2.24) is 9.97 Å². The number of halogens is 2. The van der Waals surface area contributed by atoms with Crippen LogP contribution in [0.4, 0.5) is 0 Å². The Morgan fingerprint density at radius 1 is 0.667 bits per heavy atom. The van der Waals surface area contributed by atoms with Gasteiger partial charge in [0, 0.05) is 65.6 Å². The number of benzene rings is 2. The van der Waals surface area contributed by atoms with Crippen LogP contribution in [0.5, 0.6) is 0 Å². The fourth-order valence-corrected chi connectivity index (χ4v) is 6.53. The van der Waals surface area contributed by atoms with Gasteiger partial charge in [-0.3, -0.25) is 20.0 Å². The Morgan fingerprint density at radius 2 is 1.11 bits per heavy atom. The van der Waals surface area contributed by atoms with Crippen molar-refractivity contribution in [3.05, 3.63) is 131 Å². The van der Waals surface area contributed by atoms with Gasteiger partial charge in [-0.05, 0) is 34.4 Å². The molecule has 1 fully saturated rings. The Balaban J connectivity index is 0.000000765. The second-order valence-electron chi connectivity index (χ2n) is 9.15. The van der Waals surface area contributed by atoms with Crippen molar-refractivity contribution in [3.63, 3.8) is 0 Å². The standard InChI is InChI=1S/C29H22N4.2BrH.Ni/c1-3-11-23-21(9-1)25-27(32-17-19-7-5-13-30-15-19)28(33-18-20-8-6-14-31-16-20)26-22-10-2-4-12-24(22)29(23,25)26;;;/h1-18,25-28H;2*1H;/q;;;+2/p-2/t25?,26?,27-,28-,29?;;;/m1.../s1. The van der Waals surface area contributed by atoms with E-state index in [0.717, 1.165) is 11.1 Å². The van der Waals surface area contributed by atoms with Crippen LogP contribution in [0.15, 0.2) is 108 Å². The predicted molar refractivity (Wildman–Crippen MR) is 148 cm³/mol. The zero-order valence-electron chi connectivity index (χ0n) is 19.1. The summed E-state index contributed by atoms with van der Waals surface area (Å²) in [5.41, 5.74) is 7.81. The molecule has 4 atom stereocenters. The summed E-state index contributed by atoms with van der Waals surface area (Å²) >= 11 is 6.00. The first-order valence-corrected chi connectivity index (χ1v) is 16.6. The predicted octanol–water partition coefficient (Wildman–Crippen LogP) is 6.63. The Hall–Kier alpha value is -2.47. The molecule has 4 aromatic rings. The fourth-order valence-electron chi connectivity index (χ4n) is 6.53. The van der Waals surface area contributed by atoms with Crippen molar-refractivity contribution in [3.8, 4) is 0 Å². The van der Waals surface area contributed by atoms with Crippen LogP contribution < -0.4 is 0 Å². The van der Waals surface area contributed by atoms with Crippen LogP contribution in [0.1, 0.15) is 45.2 Å². The van der Waals surface area contributed by atoms with E-state index >= 15 is 0 Å². The van der Waals surface area contributed by atoms with E-state index < -0.39 is 0 Å². The van der Waals surface area contributed by atoms with Crippen LogP contribution in [0, 0.1) is 0 Å². The minimum atomic E-state index is 0.0150. The van der Waals surface area contributed by atoms with Gasteiger partial charge in [0.2, 0.25) is 0 Å². The average molecular weight is 645 g/mol. The molecular weight excluding hydrogens is 623 g/mol. The summed E-state index contributed by atoms with van der Waals surface area (Å²) in [5.74, 6) is 0.662. The third-order valence-electron chi connectivity index (χ3n) is 7.66. The summed E-state index contributed by atoms with van der Waals surface area (Å²) in [4.78, 5) is 18.9. The second-order valence-corrected chi connectivity index (χ2v) is 14.1. The molecule has 0 amide bonds. The molecule has 0 radical (unpaired) electrons. The Morgan fingerprint density at radius 3 is 1.53 bits per heavy atom. The van der Waals surface area contributed by atoms with E-state index in [-0.39, 0.29) is 17.5 Å². The molecule has 0 aliphatic heterocycles. The van der Waals surface area contributed by atoms with Gasteiger partial charge >= 0.3 is 39.3 Å². The van der Waals surface area contributed by atoms with Crippen LogP contribution in [-0.4, -0.2) is 34.5 Å². The number of aromatic nitrogens is 2. The van der Waals surface area contributed by atoms with E-state index in [4.69, 9.17) is 9.98 Å². The molecule has 4 nitrogen and oxygen atoms in total. The van der Waals surface area contributed by atoms with Crippen LogP contribution in [0.3, 0.4) is 0 Å². The van der Waals surface area contributed by atoms with Crippen LogP contribution in [0.2, 0.25) is 0 Å². The molecule has 2 unspecified atom stereocenters. The number of fused-ring (bicyclic) bond motifs is 4. The summed E-state index contributed by atoms with van der Waals surface area (Å²) in [7, 11) is 1.25. The normalized spacial score (nSPS) is 26.7. The summed E-state index contributed by atoms with van der Waals surface area (Å²) in [6.45, 7) is 0. The van der Waals surface area contributed by atoms with Gasteiger partial charge in [0.1, 0.15) is 0 Å². The van der Waals surface area contributed by atoms with Crippen molar-refractivity contribution < 1.29 is 10.9 Å². The van der Waals surface area contributed by atoms with Crippen molar-refractivity contribution >= 4 is 40.9 Å². The van der Waals surface area contributed by atoms with Gasteiger partial charge in [-0.15, -0.1) is 0 Å². The summed E-state index contributed by atoms with van der Waals surface area (Å²) in [5, 5.41) is 0. The molecular formula is C29H22Br2N4Ni. The summed E-state index contributed by atoms with van der Waals surface area (Å²) in [6.07, 6.45) is 11.3. The molecule has 182 valence electrons. The zero-order chi connectivity index (χ0) is 24.5. The van der Waals surface area contributed by atoms with Gasteiger partial charge in [-0.2, -0.15) is 0 Å². The third-order valence-corrected chi connectivity index (χ3v) is 7.66. The summed E-state index contributed by atoms with van der Waals surface area (Å²) in [6, 6.07) is 25.9. The molecule has 2 heterocycles. The van der Waals surface area contributed by atoms with Crippen molar-refractivity contribution in [2.75, 3.05) is 0 Å². The molecule has 1 saturated carbocycles. The van der Waals surface area contributed by atoms with Gasteiger partial charge in [0.25, 0.3) is 0 Å². The number of aliphatic imine (C=N–C) groups is 2. The van der Waals surface area contributed by atoms with Crippen LogP contribution in [-0.2, 0) is 16.3 Å². The van der Waals surface area contributed by atoms with E-state index in [9.17, 15) is 0 Å². The molecule has 7 rings (SSSR count). The SMILES string of the molecule is C(=N[C@@H]1C2c3ccccc3C23c2ccccc2C3[C@H]1N=Cc1cccnc1)c1cccnc1.[Br][Ni][Br]. The van der Waals surface area contributed by atoms with Crippen molar-refractivity contribution in [1.29, 1.82) is 0 Å². The maximum absolute atomic E-state index is 5.19. The van der Waals surface area contributed by atoms with Gasteiger partial charge in [-0.25, -0.2) is 0 Å². The Bertz CT molecular complexity index is 1320. The Kier molecular flexibility index (Phi) is 6.72. The van der Waals surface area contributed by atoms with E-state index in [1.54, 1.807) is 12.4 Å². The Labute approximate surface area is 230 Å². The maximum atomic E-state index is 5.19. The number of rotatable bonds is 4. The van der Waals surface area contributed by atoms with E-state index in [0.29, 0.717) is 11.8 Å². The molecule has 0 saturated heterocycles. The van der Waals surface area contributed by atoms with Crippen molar-refractivity contribution in [2.24, 2.45) is 9.98 Å². The number of pyridine rings is 2. The van der Waals surface area contributed by atoms with Gasteiger partial charge in [0.05, 0.1) is 12.1 Å². The van der Waals surface area contributed by atoms with Gasteiger partial charge in [-0.1, -0.05) is 60.7 Å². The molecule has 0 N–H and O–H groups in total. The van der Waals surface area contributed by atoms with E-state index in [1.807, 2.05) is 49.1 Å². The van der Waals surface area contributed by atoms with Crippen LogP contribution >= 0.6 is 28.5 Å². The van der Waals surface area contributed by atoms with Crippen LogP contribution in [0.25, 0.3) is 0 Å². The molecule has 2 aromatic heterocycles. The van der Waals surface area contributed by atoms with Gasteiger partial charge < -0.3 is 0 Å². The fraction of sp³-hybridized carbons (Fsp3) is 0.172. The molecule has 3 aliphatic carbocycles. The monoisotopic (exact) mass is 642 g/mol. The second kappa shape index (κ2) is 10.1. The van der Waals surface area contributed by atoms with E-state index in [1.165, 1.54) is 33.2 Å². The average Bonchev–Trinajstić information content (AvgIpc) is 3.12. The molecule has 0 bridgehead atoms. The first kappa shape index (κ1) is 23.9. The molecule has 1 spiro atoms. The number of hydrogen-bond donors (Lipinski definition) is 0. The topological polar surface area (TPSA) is 50.5 Å². The quantitative estimate of drug-likeness (QED) is 0.185. The first-order valence-electron chi connectivity index (χ1n) is 11.7. The summed E-state index contributed by atoms with van der Waals surface area (Å²) < 4.78 is 0. The molecule has 36 heavy (non-hydrogen) atoms. The minimum absolute atomic E-state index is 0.0150. The first-order chi connectivity index (χ1) is 17.8. The zero-order valence-corrected chi connectivity index (χ0v) is 23.2. The molecule has 7 heteroatoms. The number of nitrogens with zero attached hydrogens (tertiary/aromatic N) is 4. The van der Waals surface area contributed by atoms with Crippen molar-refractivity contribution in [2.45, 2.75) is 29.3 Å².